The fourth-order valence-electron chi connectivity index (χ4n) is 1.72. The number of aliphatic carboxylic acids is 1. The van der Waals surface area contributed by atoms with E-state index in [1.54, 1.807) is 0 Å². The lowest BCUT2D eigenvalue weighted by Crippen LogP contribution is -2.25. The van der Waals surface area contributed by atoms with Crippen LogP contribution in [0.15, 0.2) is 0 Å². The molecule has 1 aliphatic heterocycles. The van der Waals surface area contributed by atoms with Crippen molar-refractivity contribution in [2.24, 2.45) is 5.92 Å². The second kappa shape index (κ2) is 4.03. The predicted molar refractivity (Wildman–Crippen MR) is 57.3 cm³/mol. The van der Waals surface area contributed by atoms with Gasteiger partial charge in [0.15, 0.2) is 0 Å². The highest BCUT2D eigenvalue weighted by atomic mass is 16.4. The van der Waals surface area contributed by atoms with Crippen molar-refractivity contribution in [3.8, 4) is 0 Å². The van der Waals surface area contributed by atoms with Crippen LogP contribution in [0.4, 0.5) is 5.95 Å². The van der Waals surface area contributed by atoms with E-state index in [2.05, 4.69) is 15.2 Å². The van der Waals surface area contributed by atoms with Gasteiger partial charge in [0, 0.05) is 13.1 Å². The summed E-state index contributed by atoms with van der Waals surface area (Å²) >= 11 is 0. The van der Waals surface area contributed by atoms with Gasteiger partial charge in [-0.25, -0.2) is 4.98 Å². The van der Waals surface area contributed by atoms with E-state index >= 15 is 0 Å². The van der Waals surface area contributed by atoms with Crippen molar-refractivity contribution >= 4 is 11.9 Å². The summed E-state index contributed by atoms with van der Waals surface area (Å²) in [5.74, 6) is -0.531. The zero-order valence-corrected chi connectivity index (χ0v) is 9.34. The lowest BCUT2D eigenvalue weighted by molar-refractivity contribution is -0.140. The largest absolute Gasteiger partial charge is 0.481 e. The minimum absolute atomic E-state index is 0.315. The zero-order valence-electron chi connectivity index (χ0n) is 9.34. The minimum Gasteiger partial charge on any atom is -0.481 e. The second-order valence-electron chi connectivity index (χ2n) is 4.05. The van der Waals surface area contributed by atoms with E-state index in [4.69, 9.17) is 5.11 Å². The highest BCUT2D eigenvalue weighted by Gasteiger charge is 2.29. The van der Waals surface area contributed by atoms with Gasteiger partial charge < -0.3 is 10.0 Å². The Hall–Kier alpha value is -1.72. The van der Waals surface area contributed by atoms with Gasteiger partial charge in [0.2, 0.25) is 5.95 Å². The number of nitrogens with zero attached hydrogens (tertiary/aromatic N) is 4. The summed E-state index contributed by atoms with van der Waals surface area (Å²) in [6.45, 7) is 4.88. The third-order valence-corrected chi connectivity index (χ3v) is 2.90. The first-order chi connectivity index (χ1) is 7.58. The first-order valence-electron chi connectivity index (χ1n) is 5.23. The smallest absolute Gasteiger partial charge is 0.308 e. The first-order valence-corrected chi connectivity index (χ1v) is 5.23. The van der Waals surface area contributed by atoms with Crippen LogP contribution in [0.1, 0.15) is 17.8 Å². The van der Waals surface area contributed by atoms with Crippen LogP contribution >= 0.6 is 0 Å². The molecule has 1 aromatic rings. The molecule has 0 radical (unpaired) electrons. The minimum atomic E-state index is -0.751. The van der Waals surface area contributed by atoms with Crippen molar-refractivity contribution in [1.29, 1.82) is 0 Å². The number of carboxylic acid groups (broad SMARTS) is 1. The maximum absolute atomic E-state index is 10.8. The fraction of sp³-hybridized carbons (Fsp3) is 0.600. The summed E-state index contributed by atoms with van der Waals surface area (Å²) in [6.07, 6.45) is 0.644. The molecule has 1 unspecified atom stereocenters. The molecule has 0 bridgehead atoms. The lowest BCUT2D eigenvalue weighted by atomic mass is 10.1. The van der Waals surface area contributed by atoms with Gasteiger partial charge in [0.25, 0.3) is 0 Å². The molecule has 0 amide bonds. The first kappa shape index (κ1) is 10.8. The number of hydrogen-bond donors (Lipinski definition) is 1. The predicted octanol–water partition coefficient (Wildman–Crippen LogP) is 0.399. The molecule has 0 aliphatic carbocycles. The Labute approximate surface area is 93.3 Å². The summed E-state index contributed by atoms with van der Waals surface area (Å²) in [5, 5.41) is 16.9. The molecular formula is C10H14N4O2. The highest BCUT2D eigenvalue weighted by Crippen LogP contribution is 2.20. The second-order valence-corrected chi connectivity index (χ2v) is 4.05. The summed E-state index contributed by atoms with van der Waals surface area (Å²) < 4.78 is 0. The summed E-state index contributed by atoms with van der Waals surface area (Å²) in [4.78, 5) is 17.0. The van der Waals surface area contributed by atoms with Crippen molar-refractivity contribution in [1.82, 2.24) is 15.2 Å². The molecule has 0 aromatic carbocycles. The number of rotatable bonds is 2. The molecular weight excluding hydrogens is 208 g/mol. The van der Waals surface area contributed by atoms with Crippen LogP contribution in [0, 0.1) is 19.8 Å². The van der Waals surface area contributed by atoms with Crippen LogP contribution in [0.2, 0.25) is 0 Å². The van der Waals surface area contributed by atoms with E-state index in [1.165, 1.54) is 0 Å². The number of carboxylic acids is 1. The summed E-state index contributed by atoms with van der Waals surface area (Å²) in [5.41, 5.74) is 1.64. The standard InChI is InChI=1S/C10H14N4O2/c1-6-7(2)12-13-10(11-6)14-4-3-8(5-14)9(15)16/h8H,3-5H2,1-2H3,(H,15,16). The van der Waals surface area contributed by atoms with Crippen molar-refractivity contribution in [3.63, 3.8) is 0 Å². The summed E-state index contributed by atoms with van der Waals surface area (Å²) in [7, 11) is 0. The van der Waals surface area contributed by atoms with Crippen LogP contribution < -0.4 is 4.90 Å². The molecule has 0 saturated carbocycles. The highest BCUT2D eigenvalue weighted by molar-refractivity contribution is 5.71. The number of anilines is 1. The Bertz CT molecular complexity index is 421. The van der Waals surface area contributed by atoms with Crippen LogP contribution in [0.25, 0.3) is 0 Å². The van der Waals surface area contributed by atoms with Crippen LogP contribution in [-0.4, -0.2) is 39.3 Å². The molecule has 16 heavy (non-hydrogen) atoms. The molecule has 2 heterocycles. The number of carbonyl (C=O) groups is 1. The van der Waals surface area contributed by atoms with E-state index in [0.717, 1.165) is 11.4 Å². The van der Waals surface area contributed by atoms with Gasteiger partial charge in [-0.3, -0.25) is 4.79 Å². The third kappa shape index (κ3) is 1.95. The SMILES string of the molecule is Cc1nnc(N2CCC(C(=O)O)C2)nc1C. The Morgan fingerprint density at radius 2 is 2.12 bits per heavy atom. The molecule has 1 aromatic heterocycles. The number of hydrogen-bond acceptors (Lipinski definition) is 5. The van der Waals surface area contributed by atoms with E-state index in [9.17, 15) is 4.79 Å². The molecule has 2 rings (SSSR count). The van der Waals surface area contributed by atoms with E-state index in [1.807, 2.05) is 18.7 Å². The normalized spacial score (nSPS) is 20.1. The number of aryl methyl sites for hydroxylation is 2. The molecule has 0 spiro atoms. The Morgan fingerprint density at radius 3 is 2.69 bits per heavy atom. The van der Waals surface area contributed by atoms with Gasteiger partial charge in [0.1, 0.15) is 0 Å². The monoisotopic (exact) mass is 222 g/mol. The molecule has 1 atom stereocenters. The topological polar surface area (TPSA) is 79.2 Å². The van der Waals surface area contributed by atoms with E-state index in [0.29, 0.717) is 25.5 Å². The molecule has 1 saturated heterocycles. The quantitative estimate of drug-likeness (QED) is 0.780. The average Bonchev–Trinajstić information content (AvgIpc) is 2.71. The molecule has 1 aliphatic rings. The van der Waals surface area contributed by atoms with Crippen LogP contribution in [0.5, 0.6) is 0 Å². The van der Waals surface area contributed by atoms with Gasteiger partial charge >= 0.3 is 5.97 Å². The van der Waals surface area contributed by atoms with Crippen molar-refractivity contribution < 1.29 is 9.90 Å². The molecule has 1 N–H and O–H groups in total. The fourth-order valence-corrected chi connectivity index (χ4v) is 1.72. The van der Waals surface area contributed by atoms with Crippen LogP contribution in [0.3, 0.4) is 0 Å². The average molecular weight is 222 g/mol. The lowest BCUT2D eigenvalue weighted by Gasteiger charge is -2.15. The van der Waals surface area contributed by atoms with Crippen LogP contribution in [-0.2, 0) is 4.79 Å². The molecule has 1 fully saturated rings. The Kier molecular flexibility index (Phi) is 2.72. The maximum atomic E-state index is 10.8. The molecule has 86 valence electrons. The van der Waals surface area contributed by atoms with Gasteiger partial charge in [-0.05, 0) is 20.3 Å². The Morgan fingerprint density at radius 1 is 1.38 bits per heavy atom. The van der Waals surface area contributed by atoms with Gasteiger partial charge in [-0.1, -0.05) is 0 Å². The van der Waals surface area contributed by atoms with Gasteiger partial charge in [0.05, 0.1) is 17.3 Å². The number of aromatic nitrogens is 3. The maximum Gasteiger partial charge on any atom is 0.308 e. The molecule has 6 heteroatoms. The zero-order chi connectivity index (χ0) is 11.7. The van der Waals surface area contributed by atoms with Crippen molar-refractivity contribution in [2.45, 2.75) is 20.3 Å². The van der Waals surface area contributed by atoms with Crippen molar-refractivity contribution in [3.05, 3.63) is 11.4 Å². The third-order valence-electron chi connectivity index (χ3n) is 2.90. The van der Waals surface area contributed by atoms with E-state index in [-0.39, 0.29) is 5.92 Å². The van der Waals surface area contributed by atoms with E-state index < -0.39 is 5.97 Å². The van der Waals surface area contributed by atoms with Gasteiger partial charge in [-0.2, -0.15) is 5.10 Å². The molecule has 6 nitrogen and oxygen atoms in total. The summed E-state index contributed by atoms with van der Waals surface area (Å²) in [6, 6.07) is 0. The Balaban J connectivity index is 2.14. The van der Waals surface area contributed by atoms with Crippen molar-refractivity contribution in [2.75, 3.05) is 18.0 Å². The van der Waals surface area contributed by atoms with Gasteiger partial charge in [-0.15, -0.1) is 5.10 Å².